The molecule has 0 fully saturated rings. The van der Waals surface area contributed by atoms with E-state index in [-0.39, 0.29) is 0 Å². The molecular weight excluding hydrogens is 196 g/mol. The van der Waals surface area contributed by atoms with Crippen LogP contribution in [0.15, 0.2) is 18.2 Å². The normalized spacial score (nSPS) is 15.3. The van der Waals surface area contributed by atoms with Crippen LogP contribution in [-0.4, -0.2) is 12.6 Å². The van der Waals surface area contributed by atoms with E-state index < -0.39 is 0 Å². The Hall–Kier alpha value is -1.18. The Kier molecular flexibility index (Phi) is 3.37. The van der Waals surface area contributed by atoms with Crippen LogP contribution in [0.4, 0.5) is 11.4 Å². The average molecular weight is 218 g/mol. The topological polar surface area (TPSA) is 29.3 Å². The lowest BCUT2D eigenvalue weighted by atomic mass is 9.98. The van der Waals surface area contributed by atoms with Crippen LogP contribution in [0.2, 0.25) is 0 Å². The molecule has 1 aromatic rings. The number of hydrogen-bond acceptors (Lipinski definition) is 2. The Bertz CT molecular complexity index is 356. The van der Waals surface area contributed by atoms with E-state index in [0.29, 0.717) is 6.04 Å². The summed E-state index contributed by atoms with van der Waals surface area (Å²) in [6.07, 6.45) is 4.88. The first-order valence-corrected chi connectivity index (χ1v) is 6.41. The third-order valence-corrected chi connectivity index (χ3v) is 3.64. The molecular formula is C14H22N2. The molecule has 0 unspecified atom stereocenters. The molecule has 1 aliphatic rings. The number of fused-ring (bicyclic) bond motifs is 1. The molecule has 0 saturated heterocycles. The largest absolute Gasteiger partial charge is 0.399 e. The first-order chi connectivity index (χ1) is 7.76. The first kappa shape index (κ1) is 11.3. The van der Waals surface area contributed by atoms with Crippen LogP contribution in [-0.2, 0) is 6.42 Å². The summed E-state index contributed by atoms with van der Waals surface area (Å²) in [6, 6.07) is 7.05. The predicted molar refractivity (Wildman–Crippen MR) is 70.9 cm³/mol. The Morgan fingerprint density at radius 2 is 2.06 bits per heavy atom. The summed E-state index contributed by atoms with van der Waals surface area (Å²) in [5.74, 6) is 0. The van der Waals surface area contributed by atoms with E-state index >= 15 is 0 Å². The van der Waals surface area contributed by atoms with Crippen molar-refractivity contribution in [3.63, 3.8) is 0 Å². The fourth-order valence-electron chi connectivity index (χ4n) is 2.75. The van der Waals surface area contributed by atoms with E-state index in [4.69, 9.17) is 5.73 Å². The molecule has 0 aromatic heterocycles. The molecule has 1 aromatic carbocycles. The molecule has 1 heterocycles. The zero-order valence-corrected chi connectivity index (χ0v) is 10.4. The fraction of sp³-hybridized carbons (Fsp3) is 0.571. The maximum atomic E-state index is 5.85. The second-order valence-electron chi connectivity index (χ2n) is 4.66. The highest BCUT2D eigenvalue weighted by Gasteiger charge is 2.21. The van der Waals surface area contributed by atoms with Crippen molar-refractivity contribution in [2.24, 2.45) is 0 Å². The van der Waals surface area contributed by atoms with Crippen molar-refractivity contribution < 1.29 is 0 Å². The number of benzene rings is 1. The standard InChI is InChI=1S/C14H22N2/c1-3-13(4-2)16-9-5-6-11-10-12(15)7-8-14(11)16/h7-8,10,13H,3-6,9,15H2,1-2H3. The number of nitrogens with two attached hydrogens (primary N) is 1. The molecule has 1 aliphatic heterocycles. The van der Waals surface area contributed by atoms with Gasteiger partial charge in [-0.2, -0.15) is 0 Å². The van der Waals surface area contributed by atoms with Crippen LogP contribution in [0.3, 0.4) is 0 Å². The summed E-state index contributed by atoms with van der Waals surface area (Å²) >= 11 is 0. The Labute approximate surface area is 98.4 Å². The molecule has 0 spiro atoms. The molecule has 0 atom stereocenters. The van der Waals surface area contributed by atoms with Gasteiger partial charge in [-0.15, -0.1) is 0 Å². The van der Waals surface area contributed by atoms with E-state index in [0.717, 1.165) is 5.69 Å². The van der Waals surface area contributed by atoms with Crippen molar-refractivity contribution in [2.45, 2.75) is 45.6 Å². The molecule has 0 saturated carbocycles. The van der Waals surface area contributed by atoms with Gasteiger partial charge in [0, 0.05) is 24.0 Å². The lowest BCUT2D eigenvalue weighted by Gasteiger charge is -2.37. The maximum Gasteiger partial charge on any atom is 0.0402 e. The van der Waals surface area contributed by atoms with Crippen molar-refractivity contribution in [1.82, 2.24) is 0 Å². The lowest BCUT2D eigenvalue weighted by molar-refractivity contribution is 0.533. The smallest absolute Gasteiger partial charge is 0.0402 e. The lowest BCUT2D eigenvalue weighted by Crippen LogP contribution is -2.38. The summed E-state index contributed by atoms with van der Waals surface area (Å²) < 4.78 is 0. The molecule has 0 amide bonds. The van der Waals surface area contributed by atoms with Gasteiger partial charge in [-0.3, -0.25) is 0 Å². The summed E-state index contributed by atoms with van der Waals surface area (Å²) in [5.41, 5.74) is 9.58. The number of aryl methyl sites for hydroxylation is 1. The van der Waals surface area contributed by atoms with Crippen LogP contribution < -0.4 is 10.6 Å². The van der Waals surface area contributed by atoms with Gasteiger partial charge in [0.05, 0.1) is 0 Å². The minimum absolute atomic E-state index is 0.683. The van der Waals surface area contributed by atoms with Gasteiger partial charge in [0.2, 0.25) is 0 Å². The van der Waals surface area contributed by atoms with Gasteiger partial charge in [-0.25, -0.2) is 0 Å². The minimum atomic E-state index is 0.683. The van der Waals surface area contributed by atoms with E-state index in [1.54, 1.807) is 0 Å². The molecule has 2 N–H and O–H groups in total. The average Bonchev–Trinajstić information content (AvgIpc) is 2.30. The predicted octanol–water partition coefficient (Wildman–Crippen LogP) is 3.21. The molecule has 16 heavy (non-hydrogen) atoms. The van der Waals surface area contributed by atoms with Crippen molar-refractivity contribution in [2.75, 3.05) is 17.2 Å². The van der Waals surface area contributed by atoms with E-state index in [1.807, 2.05) is 6.07 Å². The van der Waals surface area contributed by atoms with Crippen molar-refractivity contribution in [3.8, 4) is 0 Å². The van der Waals surface area contributed by atoms with E-state index in [1.165, 1.54) is 43.5 Å². The van der Waals surface area contributed by atoms with Crippen LogP contribution in [0.25, 0.3) is 0 Å². The van der Waals surface area contributed by atoms with Gasteiger partial charge in [0.1, 0.15) is 0 Å². The summed E-state index contributed by atoms with van der Waals surface area (Å²) in [7, 11) is 0. The number of nitrogens with zero attached hydrogens (tertiary/aromatic N) is 1. The minimum Gasteiger partial charge on any atom is -0.399 e. The molecule has 88 valence electrons. The van der Waals surface area contributed by atoms with Crippen LogP contribution in [0.1, 0.15) is 38.7 Å². The highest BCUT2D eigenvalue weighted by Crippen LogP contribution is 2.31. The summed E-state index contributed by atoms with van der Waals surface area (Å²) in [6.45, 7) is 5.75. The van der Waals surface area contributed by atoms with Gasteiger partial charge < -0.3 is 10.6 Å². The van der Waals surface area contributed by atoms with Crippen molar-refractivity contribution in [3.05, 3.63) is 23.8 Å². The number of rotatable bonds is 3. The van der Waals surface area contributed by atoms with E-state index in [9.17, 15) is 0 Å². The third-order valence-electron chi connectivity index (χ3n) is 3.64. The monoisotopic (exact) mass is 218 g/mol. The number of hydrogen-bond donors (Lipinski definition) is 1. The highest BCUT2D eigenvalue weighted by atomic mass is 15.2. The maximum absolute atomic E-state index is 5.85. The van der Waals surface area contributed by atoms with Crippen LogP contribution in [0.5, 0.6) is 0 Å². The van der Waals surface area contributed by atoms with Gasteiger partial charge in [-0.1, -0.05) is 13.8 Å². The van der Waals surface area contributed by atoms with Crippen LogP contribution >= 0.6 is 0 Å². The SMILES string of the molecule is CCC(CC)N1CCCc2cc(N)ccc21. The molecule has 2 heteroatoms. The molecule has 0 bridgehead atoms. The summed E-state index contributed by atoms with van der Waals surface area (Å²) in [4.78, 5) is 2.57. The molecule has 0 radical (unpaired) electrons. The first-order valence-electron chi connectivity index (χ1n) is 6.41. The number of nitrogen functional groups attached to an aromatic ring is 1. The highest BCUT2D eigenvalue weighted by molar-refractivity contribution is 5.61. The Morgan fingerprint density at radius 3 is 2.75 bits per heavy atom. The van der Waals surface area contributed by atoms with Crippen LogP contribution in [0, 0.1) is 0 Å². The quantitative estimate of drug-likeness (QED) is 0.789. The van der Waals surface area contributed by atoms with Crippen molar-refractivity contribution in [1.29, 1.82) is 0 Å². The zero-order chi connectivity index (χ0) is 11.5. The van der Waals surface area contributed by atoms with Crippen molar-refractivity contribution >= 4 is 11.4 Å². The van der Waals surface area contributed by atoms with Gasteiger partial charge in [0.25, 0.3) is 0 Å². The molecule has 2 rings (SSSR count). The van der Waals surface area contributed by atoms with Gasteiger partial charge in [-0.05, 0) is 49.4 Å². The number of anilines is 2. The third kappa shape index (κ3) is 2.01. The second kappa shape index (κ2) is 4.77. The van der Waals surface area contributed by atoms with Gasteiger partial charge in [0.15, 0.2) is 0 Å². The second-order valence-corrected chi connectivity index (χ2v) is 4.66. The Morgan fingerprint density at radius 1 is 1.31 bits per heavy atom. The molecule has 0 aliphatic carbocycles. The Balaban J connectivity index is 2.32. The zero-order valence-electron chi connectivity index (χ0n) is 10.4. The molecule has 2 nitrogen and oxygen atoms in total. The summed E-state index contributed by atoms with van der Waals surface area (Å²) in [5, 5.41) is 0. The van der Waals surface area contributed by atoms with Gasteiger partial charge >= 0.3 is 0 Å². The van der Waals surface area contributed by atoms with E-state index in [2.05, 4.69) is 30.9 Å². The fourth-order valence-corrected chi connectivity index (χ4v) is 2.75.